The van der Waals surface area contributed by atoms with Gasteiger partial charge in [-0.25, -0.2) is 0 Å². The molecular formula is C13H21NS2. The molecule has 0 bridgehead atoms. The summed E-state index contributed by atoms with van der Waals surface area (Å²) in [6.45, 7) is 3.53. The van der Waals surface area contributed by atoms with Crippen LogP contribution in [-0.2, 0) is 0 Å². The summed E-state index contributed by atoms with van der Waals surface area (Å²) in [5, 5.41) is 5.84. The van der Waals surface area contributed by atoms with Crippen LogP contribution in [0.3, 0.4) is 0 Å². The molecule has 0 aromatic carbocycles. The Hall–Kier alpha value is 0.01000. The number of hydrogen-bond acceptors (Lipinski definition) is 3. The van der Waals surface area contributed by atoms with Crippen molar-refractivity contribution in [3.8, 4) is 0 Å². The highest BCUT2D eigenvalue weighted by Crippen LogP contribution is 2.24. The average molecular weight is 255 g/mol. The van der Waals surface area contributed by atoms with Gasteiger partial charge in [-0.3, -0.25) is 0 Å². The second-order valence-electron chi connectivity index (χ2n) is 4.69. The highest BCUT2D eigenvalue weighted by molar-refractivity contribution is 8.01. The van der Waals surface area contributed by atoms with Gasteiger partial charge < -0.3 is 5.32 Å². The van der Waals surface area contributed by atoms with E-state index in [1.165, 1.54) is 35.6 Å². The van der Waals surface area contributed by atoms with E-state index >= 15 is 0 Å². The summed E-state index contributed by atoms with van der Waals surface area (Å²) in [5.41, 5.74) is 0. The zero-order valence-corrected chi connectivity index (χ0v) is 11.6. The molecule has 0 spiro atoms. The Balaban J connectivity index is 1.55. The molecule has 1 aliphatic carbocycles. The molecule has 0 unspecified atom stereocenters. The van der Waals surface area contributed by atoms with E-state index in [1.807, 2.05) is 23.1 Å². The highest BCUT2D eigenvalue weighted by atomic mass is 32.2. The molecule has 1 saturated carbocycles. The van der Waals surface area contributed by atoms with E-state index in [9.17, 15) is 0 Å². The first kappa shape index (κ1) is 12.5. The van der Waals surface area contributed by atoms with Crippen molar-refractivity contribution in [1.29, 1.82) is 0 Å². The van der Waals surface area contributed by atoms with Crippen molar-refractivity contribution < 1.29 is 0 Å². The number of thiophene rings is 1. The van der Waals surface area contributed by atoms with Gasteiger partial charge in [0.05, 0.1) is 4.21 Å². The molecule has 1 aliphatic rings. The SMILES string of the molecule is CC1CCC(NCCSc2cccs2)CC1. The minimum atomic E-state index is 0.792. The first-order valence-corrected chi connectivity index (χ1v) is 8.11. The molecule has 3 heteroatoms. The largest absolute Gasteiger partial charge is 0.313 e. The van der Waals surface area contributed by atoms with Gasteiger partial charge >= 0.3 is 0 Å². The van der Waals surface area contributed by atoms with Crippen molar-refractivity contribution in [2.75, 3.05) is 12.3 Å². The Labute approximate surface area is 107 Å². The quantitative estimate of drug-likeness (QED) is 0.630. The maximum atomic E-state index is 3.69. The van der Waals surface area contributed by atoms with E-state index in [0.717, 1.165) is 18.5 Å². The lowest BCUT2D eigenvalue weighted by Crippen LogP contribution is -2.34. The van der Waals surface area contributed by atoms with Crippen molar-refractivity contribution in [3.05, 3.63) is 17.5 Å². The standard InChI is InChI=1S/C13H21NS2/c1-11-4-6-12(7-5-11)14-8-10-16-13-3-2-9-15-13/h2-3,9,11-12,14H,4-8,10H2,1H3. The molecule has 1 N–H and O–H groups in total. The van der Waals surface area contributed by atoms with Crippen LogP contribution in [0.5, 0.6) is 0 Å². The van der Waals surface area contributed by atoms with E-state index in [0.29, 0.717) is 0 Å². The van der Waals surface area contributed by atoms with Crippen LogP contribution in [0.1, 0.15) is 32.6 Å². The summed E-state index contributed by atoms with van der Waals surface area (Å²) in [6.07, 6.45) is 5.58. The van der Waals surface area contributed by atoms with Gasteiger partial charge in [-0.05, 0) is 43.0 Å². The molecule has 1 heterocycles. The molecule has 1 fully saturated rings. The molecule has 0 saturated heterocycles. The molecular weight excluding hydrogens is 234 g/mol. The molecule has 1 aromatic heterocycles. The maximum Gasteiger partial charge on any atom is 0.0598 e. The predicted octanol–water partition coefficient (Wildman–Crippen LogP) is 4.01. The summed E-state index contributed by atoms with van der Waals surface area (Å²) in [4.78, 5) is 0. The summed E-state index contributed by atoms with van der Waals surface area (Å²) >= 11 is 3.82. The number of rotatable bonds is 5. The fraction of sp³-hybridized carbons (Fsp3) is 0.692. The molecule has 0 atom stereocenters. The zero-order chi connectivity index (χ0) is 11.2. The number of thioether (sulfide) groups is 1. The molecule has 1 nitrogen and oxygen atoms in total. The summed E-state index contributed by atoms with van der Waals surface area (Å²) in [6, 6.07) is 5.13. The summed E-state index contributed by atoms with van der Waals surface area (Å²) in [5.74, 6) is 2.16. The Morgan fingerprint density at radius 2 is 2.19 bits per heavy atom. The Morgan fingerprint density at radius 1 is 1.38 bits per heavy atom. The Kier molecular flexibility index (Phi) is 5.20. The first-order chi connectivity index (χ1) is 7.84. The second kappa shape index (κ2) is 6.67. The second-order valence-corrected chi connectivity index (χ2v) is 7.03. The van der Waals surface area contributed by atoms with Gasteiger partial charge in [-0.15, -0.1) is 23.1 Å². The molecule has 0 aliphatic heterocycles. The minimum Gasteiger partial charge on any atom is -0.313 e. The Bertz CT molecular complexity index is 276. The lowest BCUT2D eigenvalue weighted by Gasteiger charge is -2.26. The van der Waals surface area contributed by atoms with Gasteiger partial charge in [0.15, 0.2) is 0 Å². The average Bonchev–Trinajstić information content (AvgIpc) is 2.80. The Morgan fingerprint density at radius 3 is 2.88 bits per heavy atom. The first-order valence-electron chi connectivity index (χ1n) is 6.24. The van der Waals surface area contributed by atoms with E-state index in [2.05, 4.69) is 29.8 Å². The van der Waals surface area contributed by atoms with Gasteiger partial charge in [0.25, 0.3) is 0 Å². The summed E-state index contributed by atoms with van der Waals surface area (Å²) in [7, 11) is 0. The van der Waals surface area contributed by atoms with Gasteiger partial charge in [-0.1, -0.05) is 13.0 Å². The third-order valence-corrected chi connectivity index (χ3v) is 5.42. The van der Waals surface area contributed by atoms with Gasteiger partial charge in [0.1, 0.15) is 0 Å². The lowest BCUT2D eigenvalue weighted by molar-refractivity contribution is 0.312. The third-order valence-electron chi connectivity index (χ3n) is 3.29. The van der Waals surface area contributed by atoms with E-state index in [1.54, 1.807) is 0 Å². The van der Waals surface area contributed by atoms with E-state index in [4.69, 9.17) is 0 Å². The van der Waals surface area contributed by atoms with E-state index in [-0.39, 0.29) is 0 Å². The van der Waals surface area contributed by atoms with Crippen molar-refractivity contribution >= 4 is 23.1 Å². The smallest absolute Gasteiger partial charge is 0.0598 e. The third kappa shape index (κ3) is 4.11. The highest BCUT2D eigenvalue weighted by Gasteiger charge is 2.16. The zero-order valence-electron chi connectivity index (χ0n) is 9.95. The van der Waals surface area contributed by atoms with Crippen LogP contribution < -0.4 is 5.32 Å². The van der Waals surface area contributed by atoms with Crippen LogP contribution >= 0.6 is 23.1 Å². The molecule has 90 valence electrons. The van der Waals surface area contributed by atoms with Crippen LogP contribution in [0.15, 0.2) is 21.7 Å². The van der Waals surface area contributed by atoms with Crippen LogP contribution in [0.4, 0.5) is 0 Å². The number of nitrogens with one attached hydrogen (secondary N) is 1. The van der Waals surface area contributed by atoms with Gasteiger partial charge in [0.2, 0.25) is 0 Å². The van der Waals surface area contributed by atoms with E-state index < -0.39 is 0 Å². The molecule has 2 rings (SSSR count). The molecule has 0 amide bonds. The van der Waals surface area contributed by atoms with Crippen LogP contribution in [0.25, 0.3) is 0 Å². The van der Waals surface area contributed by atoms with Crippen molar-refractivity contribution in [3.63, 3.8) is 0 Å². The monoisotopic (exact) mass is 255 g/mol. The summed E-state index contributed by atoms with van der Waals surface area (Å²) < 4.78 is 1.44. The lowest BCUT2D eigenvalue weighted by atomic mass is 9.87. The minimum absolute atomic E-state index is 0.792. The van der Waals surface area contributed by atoms with Gasteiger partial charge in [-0.2, -0.15) is 0 Å². The number of hydrogen-bond donors (Lipinski definition) is 1. The van der Waals surface area contributed by atoms with Crippen molar-refractivity contribution in [2.45, 2.75) is 42.9 Å². The molecule has 0 radical (unpaired) electrons. The van der Waals surface area contributed by atoms with Crippen LogP contribution in [-0.4, -0.2) is 18.3 Å². The fourth-order valence-corrected chi connectivity index (χ4v) is 3.96. The fourth-order valence-electron chi connectivity index (χ4n) is 2.22. The predicted molar refractivity (Wildman–Crippen MR) is 74.5 cm³/mol. The normalized spacial score (nSPS) is 25.8. The molecule has 16 heavy (non-hydrogen) atoms. The van der Waals surface area contributed by atoms with Crippen molar-refractivity contribution in [1.82, 2.24) is 5.32 Å². The van der Waals surface area contributed by atoms with Crippen LogP contribution in [0.2, 0.25) is 0 Å². The van der Waals surface area contributed by atoms with Crippen LogP contribution in [0, 0.1) is 5.92 Å². The van der Waals surface area contributed by atoms with Gasteiger partial charge in [0, 0.05) is 18.3 Å². The topological polar surface area (TPSA) is 12.0 Å². The molecule has 1 aromatic rings. The maximum absolute atomic E-state index is 3.69. The van der Waals surface area contributed by atoms with Crippen molar-refractivity contribution in [2.24, 2.45) is 5.92 Å².